The highest BCUT2D eigenvalue weighted by molar-refractivity contribution is 7.89. The van der Waals surface area contributed by atoms with E-state index < -0.39 is 10.0 Å². The molecule has 0 aliphatic heterocycles. The minimum Gasteiger partial charge on any atom is -0.207 e. The molecule has 82 valence electrons. The number of hydrogen-bond acceptors (Lipinski definition) is 2. The lowest BCUT2D eigenvalue weighted by molar-refractivity contribution is 0.585. The van der Waals surface area contributed by atoms with Crippen LogP contribution in [-0.4, -0.2) is 15.0 Å². The smallest absolute Gasteiger partial charge is 0.207 e. The molecule has 6 heteroatoms. The van der Waals surface area contributed by atoms with Crippen molar-refractivity contribution in [1.29, 1.82) is 0 Å². The second-order valence-electron chi connectivity index (χ2n) is 2.80. The molecule has 3 nitrogen and oxygen atoms in total. The van der Waals surface area contributed by atoms with Crippen LogP contribution < -0.4 is 4.72 Å². The number of benzene rings is 1. The van der Waals surface area contributed by atoms with Crippen molar-refractivity contribution in [1.82, 2.24) is 4.72 Å². The van der Waals surface area contributed by atoms with Gasteiger partial charge >= 0.3 is 0 Å². The molecule has 0 amide bonds. The molecular formula is C9H9Cl2NO2S. The molecule has 1 rings (SSSR count). The normalized spacial score (nSPS) is 11.3. The van der Waals surface area contributed by atoms with Gasteiger partial charge in [0, 0.05) is 16.6 Å². The standard InChI is InChI=1S/C9H9Cl2NO2S/c1-7(10)6-12-15(13,14)9-4-2-3-8(11)5-9/h2-5,12H,1,6H2. The van der Waals surface area contributed by atoms with Crippen LogP contribution in [0.1, 0.15) is 0 Å². The fraction of sp³-hybridized carbons (Fsp3) is 0.111. The third-order valence-corrected chi connectivity index (χ3v) is 3.33. The van der Waals surface area contributed by atoms with Gasteiger partial charge in [-0.3, -0.25) is 0 Å². The Morgan fingerprint density at radius 3 is 2.67 bits per heavy atom. The molecule has 0 unspecified atom stereocenters. The molecule has 0 bridgehead atoms. The summed E-state index contributed by atoms with van der Waals surface area (Å²) in [5.41, 5.74) is 0. The highest BCUT2D eigenvalue weighted by atomic mass is 35.5. The van der Waals surface area contributed by atoms with Crippen LogP contribution in [0.25, 0.3) is 0 Å². The Labute approximate surface area is 98.8 Å². The Morgan fingerprint density at radius 1 is 1.47 bits per heavy atom. The van der Waals surface area contributed by atoms with Gasteiger partial charge in [-0.25, -0.2) is 13.1 Å². The first-order valence-electron chi connectivity index (χ1n) is 4.00. The summed E-state index contributed by atoms with van der Waals surface area (Å²) in [5, 5.41) is 0.586. The van der Waals surface area contributed by atoms with Crippen molar-refractivity contribution >= 4 is 33.2 Å². The maximum atomic E-state index is 11.6. The van der Waals surface area contributed by atoms with E-state index in [1.165, 1.54) is 12.1 Å². The van der Waals surface area contributed by atoms with Gasteiger partial charge in [0.05, 0.1) is 4.90 Å². The zero-order chi connectivity index (χ0) is 11.5. The van der Waals surface area contributed by atoms with Gasteiger partial charge < -0.3 is 0 Å². The topological polar surface area (TPSA) is 46.2 Å². The molecular weight excluding hydrogens is 257 g/mol. The molecule has 1 aromatic carbocycles. The third-order valence-electron chi connectivity index (χ3n) is 1.56. The summed E-state index contributed by atoms with van der Waals surface area (Å²) in [6, 6.07) is 5.97. The second-order valence-corrected chi connectivity index (χ2v) is 5.54. The first kappa shape index (κ1) is 12.5. The average molecular weight is 266 g/mol. The molecule has 0 atom stereocenters. The van der Waals surface area contributed by atoms with Crippen molar-refractivity contribution < 1.29 is 8.42 Å². The number of halogens is 2. The van der Waals surface area contributed by atoms with E-state index in [9.17, 15) is 8.42 Å². The minimum absolute atomic E-state index is 0.00357. The van der Waals surface area contributed by atoms with E-state index in [4.69, 9.17) is 23.2 Å². The van der Waals surface area contributed by atoms with Gasteiger partial charge in [-0.2, -0.15) is 0 Å². The summed E-state index contributed by atoms with van der Waals surface area (Å²) < 4.78 is 25.5. The summed E-state index contributed by atoms with van der Waals surface area (Å²) in [5.74, 6) is 0. The lowest BCUT2D eigenvalue weighted by Gasteiger charge is -2.05. The summed E-state index contributed by atoms with van der Waals surface area (Å²) in [4.78, 5) is 0.105. The zero-order valence-corrected chi connectivity index (χ0v) is 10.0. The van der Waals surface area contributed by atoms with Crippen molar-refractivity contribution in [2.24, 2.45) is 0 Å². The molecule has 0 fully saturated rings. The van der Waals surface area contributed by atoms with Crippen LogP contribution in [0.2, 0.25) is 5.02 Å². The van der Waals surface area contributed by atoms with Gasteiger partial charge in [-0.1, -0.05) is 35.8 Å². The quantitative estimate of drug-likeness (QED) is 0.909. The lowest BCUT2D eigenvalue weighted by Crippen LogP contribution is -2.24. The van der Waals surface area contributed by atoms with E-state index in [-0.39, 0.29) is 16.5 Å². The molecule has 0 saturated carbocycles. The van der Waals surface area contributed by atoms with E-state index in [1.54, 1.807) is 12.1 Å². The van der Waals surface area contributed by atoms with Crippen molar-refractivity contribution in [2.45, 2.75) is 4.90 Å². The minimum atomic E-state index is -3.56. The largest absolute Gasteiger partial charge is 0.240 e. The maximum Gasteiger partial charge on any atom is 0.240 e. The van der Waals surface area contributed by atoms with E-state index >= 15 is 0 Å². The van der Waals surface area contributed by atoms with Gasteiger partial charge in [0.2, 0.25) is 10.0 Å². The molecule has 0 heterocycles. The Balaban J connectivity index is 2.91. The summed E-state index contributed by atoms with van der Waals surface area (Å²) in [7, 11) is -3.56. The van der Waals surface area contributed by atoms with Gasteiger partial charge in [0.15, 0.2) is 0 Å². The van der Waals surface area contributed by atoms with Crippen LogP contribution in [0.15, 0.2) is 40.8 Å². The Bertz CT molecular complexity index is 471. The molecule has 15 heavy (non-hydrogen) atoms. The Kier molecular flexibility index (Phi) is 4.16. The fourth-order valence-electron chi connectivity index (χ4n) is 0.891. The van der Waals surface area contributed by atoms with Crippen LogP contribution >= 0.6 is 23.2 Å². The van der Waals surface area contributed by atoms with Crippen molar-refractivity contribution in [3.63, 3.8) is 0 Å². The molecule has 1 aromatic rings. The second kappa shape index (κ2) is 4.99. The molecule has 0 radical (unpaired) electrons. The molecule has 0 spiro atoms. The first-order chi connectivity index (χ1) is 6.92. The number of hydrogen-bond donors (Lipinski definition) is 1. The zero-order valence-electron chi connectivity index (χ0n) is 7.70. The van der Waals surface area contributed by atoms with Crippen molar-refractivity contribution in [3.8, 4) is 0 Å². The first-order valence-corrected chi connectivity index (χ1v) is 6.24. The Hall–Kier alpha value is -0.550. The molecule has 0 aliphatic carbocycles. The summed E-state index contributed by atoms with van der Waals surface area (Å²) in [6.45, 7) is 3.38. The highest BCUT2D eigenvalue weighted by Crippen LogP contribution is 2.15. The summed E-state index contributed by atoms with van der Waals surface area (Å²) in [6.07, 6.45) is 0. The SMILES string of the molecule is C=C(Cl)CNS(=O)(=O)c1cccc(Cl)c1. The number of rotatable bonds is 4. The predicted octanol–water partition coefficient (Wildman–Crippen LogP) is 2.37. The molecule has 1 N–H and O–H groups in total. The van der Waals surface area contributed by atoms with Crippen LogP contribution in [-0.2, 0) is 10.0 Å². The van der Waals surface area contributed by atoms with E-state index in [1.807, 2.05) is 0 Å². The molecule has 0 aromatic heterocycles. The average Bonchev–Trinajstić information content (AvgIpc) is 2.15. The van der Waals surface area contributed by atoms with Gasteiger partial charge in [-0.15, -0.1) is 0 Å². The van der Waals surface area contributed by atoms with Gasteiger partial charge in [0.25, 0.3) is 0 Å². The van der Waals surface area contributed by atoms with Gasteiger partial charge in [-0.05, 0) is 18.2 Å². The maximum absolute atomic E-state index is 11.6. The van der Waals surface area contributed by atoms with Crippen LogP contribution in [0.3, 0.4) is 0 Å². The van der Waals surface area contributed by atoms with Gasteiger partial charge in [0.1, 0.15) is 0 Å². The van der Waals surface area contributed by atoms with E-state index in [0.29, 0.717) is 5.02 Å². The van der Waals surface area contributed by atoms with Crippen molar-refractivity contribution in [3.05, 3.63) is 40.9 Å². The Morgan fingerprint density at radius 2 is 2.13 bits per heavy atom. The predicted molar refractivity (Wildman–Crippen MR) is 61.6 cm³/mol. The fourth-order valence-corrected chi connectivity index (χ4v) is 2.36. The third kappa shape index (κ3) is 3.83. The number of sulfonamides is 1. The van der Waals surface area contributed by atoms with Crippen LogP contribution in [0.5, 0.6) is 0 Å². The summed E-state index contributed by atoms with van der Waals surface area (Å²) >= 11 is 11.1. The van der Waals surface area contributed by atoms with E-state index in [2.05, 4.69) is 11.3 Å². The van der Waals surface area contributed by atoms with Crippen molar-refractivity contribution in [2.75, 3.05) is 6.54 Å². The van der Waals surface area contributed by atoms with E-state index in [0.717, 1.165) is 0 Å². The lowest BCUT2D eigenvalue weighted by atomic mass is 10.4. The van der Waals surface area contributed by atoms with Crippen LogP contribution in [0.4, 0.5) is 0 Å². The number of nitrogens with one attached hydrogen (secondary N) is 1. The highest BCUT2D eigenvalue weighted by Gasteiger charge is 2.13. The van der Waals surface area contributed by atoms with Crippen LogP contribution in [0, 0.1) is 0 Å². The molecule has 0 saturated heterocycles. The monoisotopic (exact) mass is 265 g/mol. The molecule has 0 aliphatic rings.